The topological polar surface area (TPSA) is 89.3 Å². The second-order valence-corrected chi connectivity index (χ2v) is 7.77. The fourth-order valence-electron chi connectivity index (χ4n) is 2.25. The lowest BCUT2D eigenvalue weighted by Crippen LogP contribution is -2.35. The number of nitrogens with one attached hydrogen (secondary N) is 1. The Balaban J connectivity index is 1.81. The van der Waals surface area contributed by atoms with Crippen molar-refractivity contribution in [3.8, 4) is 0 Å². The van der Waals surface area contributed by atoms with E-state index in [1.807, 2.05) is 31.2 Å². The third-order valence-corrected chi connectivity index (χ3v) is 5.53. The van der Waals surface area contributed by atoms with Crippen molar-refractivity contribution in [1.29, 1.82) is 0 Å². The molecule has 2 aromatic rings. The molecule has 1 atom stereocenters. The van der Waals surface area contributed by atoms with Crippen LogP contribution in [0.1, 0.15) is 23.6 Å². The van der Waals surface area contributed by atoms with Crippen molar-refractivity contribution in [1.82, 2.24) is 5.32 Å². The molecule has 0 aliphatic rings. The number of sulfone groups is 1. The molecule has 0 fully saturated rings. The van der Waals surface area contributed by atoms with Crippen molar-refractivity contribution >= 4 is 15.7 Å². The summed E-state index contributed by atoms with van der Waals surface area (Å²) in [6.07, 6.45) is 0.337. The molecule has 0 aliphatic heterocycles. The monoisotopic (exact) mass is 346 g/mol. The van der Waals surface area contributed by atoms with Crippen molar-refractivity contribution in [3.63, 3.8) is 0 Å². The molecule has 0 radical (unpaired) electrons. The maximum absolute atomic E-state index is 12.1. The van der Waals surface area contributed by atoms with Crippen molar-refractivity contribution in [2.75, 3.05) is 12.3 Å². The largest absolute Gasteiger partial charge is 0.354 e. The van der Waals surface area contributed by atoms with Crippen LogP contribution >= 0.6 is 0 Å². The lowest BCUT2D eigenvalue weighted by Gasteiger charge is -2.13. The van der Waals surface area contributed by atoms with Gasteiger partial charge in [0.2, 0.25) is 5.91 Å². The van der Waals surface area contributed by atoms with Crippen LogP contribution in [0.4, 0.5) is 0 Å². The van der Waals surface area contributed by atoms with Gasteiger partial charge in [-0.05, 0) is 31.0 Å². The van der Waals surface area contributed by atoms with E-state index in [1.54, 1.807) is 30.3 Å². The lowest BCUT2D eigenvalue weighted by molar-refractivity contribution is -0.122. The van der Waals surface area contributed by atoms with Crippen molar-refractivity contribution in [2.45, 2.75) is 24.3 Å². The highest BCUT2D eigenvalue weighted by Gasteiger charge is 2.16. The Morgan fingerprint density at radius 2 is 1.71 bits per heavy atom. The van der Waals surface area contributed by atoms with Gasteiger partial charge in [0.05, 0.1) is 10.6 Å². The first-order chi connectivity index (χ1) is 11.4. The normalized spacial score (nSPS) is 12.6. The number of aryl methyl sites for hydroxylation is 1. The summed E-state index contributed by atoms with van der Waals surface area (Å²) < 4.78 is 24.3. The van der Waals surface area contributed by atoms with Gasteiger partial charge in [0.15, 0.2) is 9.84 Å². The standard InChI is InChI=1S/C18H22N2O3S/c1-14-8-10-15(11-9-14)17(19)18(21)20-12-5-13-24(22,23)16-6-3-2-4-7-16/h2-4,6-11,17H,5,12-13,19H2,1H3,(H,20,21). The Bertz CT molecular complexity index is 772. The molecule has 0 saturated carbocycles. The fourth-order valence-corrected chi connectivity index (χ4v) is 3.59. The van der Waals surface area contributed by atoms with Gasteiger partial charge in [-0.25, -0.2) is 8.42 Å². The highest BCUT2D eigenvalue weighted by atomic mass is 32.2. The number of benzene rings is 2. The highest BCUT2D eigenvalue weighted by Crippen LogP contribution is 2.12. The van der Waals surface area contributed by atoms with E-state index in [0.29, 0.717) is 11.3 Å². The average molecular weight is 346 g/mol. The Morgan fingerprint density at radius 3 is 2.33 bits per heavy atom. The van der Waals surface area contributed by atoms with Crippen LogP contribution in [-0.2, 0) is 14.6 Å². The second kappa shape index (κ2) is 8.08. The Kier molecular flexibility index (Phi) is 6.11. The van der Waals surface area contributed by atoms with Gasteiger partial charge in [0.1, 0.15) is 6.04 Å². The van der Waals surface area contributed by atoms with Crippen molar-refractivity contribution in [2.24, 2.45) is 5.73 Å². The van der Waals surface area contributed by atoms with E-state index in [2.05, 4.69) is 5.32 Å². The van der Waals surface area contributed by atoms with Gasteiger partial charge >= 0.3 is 0 Å². The van der Waals surface area contributed by atoms with Gasteiger partial charge in [-0.2, -0.15) is 0 Å². The van der Waals surface area contributed by atoms with E-state index in [9.17, 15) is 13.2 Å². The van der Waals surface area contributed by atoms with Gasteiger partial charge in [0.25, 0.3) is 0 Å². The summed E-state index contributed by atoms with van der Waals surface area (Å²) in [4.78, 5) is 12.3. The molecule has 5 nitrogen and oxygen atoms in total. The quantitative estimate of drug-likeness (QED) is 0.750. The number of carbonyl (C=O) groups is 1. The number of hydrogen-bond acceptors (Lipinski definition) is 4. The van der Waals surface area contributed by atoms with Gasteiger partial charge in [-0.15, -0.1) is 0 Å². The number of nitrogens with two attached hydrogens (primary N) is 1. The minimum absolute atomic E-state index is 0.0168. The van der Waals surface area contributed by atoms with Crippen molar-refractivity contribution < 1.29 is 13.2 Å². The molecule has 2 rings (SSSR count). The summed E-state index contributed by atoms with van der Waals surface area (Å²) in [6.45, 7) is 2.23. The molecule has 0 heterocycles. The molecule has 24 heavy (non-hydrogen) atoms. The van der Waals surface area contributed by atoms with E-state index >= 15 is 0 Å². The molecule has 0 aliphatic carbocycles. The summed E-state index contributed by atoms with van der Waals surface area (Å²) in [5, 5.41) is 2.69. The maximum atomic E-state index is 12.1. The van der Waals surface area contributed by atoms with Crippen LogP contribution in [0.25, 0.3) is 0 Å². The predicted molar refractivity (Wildman–Crippen MR) is 94.2 cm³/mol. The number of carbonyl (C=O) groups excluding carboxylic acids is 1. The fraction of sp³-hybridized carbons (Fsp3) is 0.278. The van der Waals surface area contributed by atoms with Crippen LogP contribution in [0.3, 0.4) is 0 Å². The van der Waals surface area contributed by atoms with Crippen LogP contribution < -0.4 is 11.1 Å². The number of hydrogen-bond donors (Lipinski definition) is 2. The zero-order chi connectivity index (χ0) is 17.6. The van der Waals surface area contributed by atoms with Gasteiger partial charge in [0, 0.05) is 6.54 Å². The van der Waals surface area contributed by atoms with E-state index in [-0.39, 0.29) is 18.2 Å². The molecular formula is C18H22N2O3S. The van der Waals surface area contributed by atoms with Crippen LogP contribution in [0.2, 0.25) is 0 Å². The second-order valence-electron chi connectivity index (χ2n) is 5.66. The van der Waals surface area contributed by atoms with Crippen LogP contribution in [-0.4, -0.2) is 26.6 Å². The highest BCUT2D eigenvalue weighted by molar-refractivity contribution is 7.91. The molecule has 0 spiro atoms. The summed E-state index contributed by atoms with van der Waals surface area (Å²) in [5.41, 5.74) is 7.74. The predicted octanol–water partition coefficient (Wildman–Crippen LogP) is 1.98. The van der Waals surface area contributed by atoms with Crippen LogP contribution in [0.5, 0.6) is 0 Å². The van der Waals surface area contributed by atoms with Crippen LogP contribution in [0, 0.1) is 6.92 Å². The van der Waals surface area contributed by atoms with Gasteiger partial charge in [-0.3, -0.25) is 4.79 Å². The van der Waals surface area contributed by atoms with Gasteiger partial charge in [-0.1, -0.05) is 48.0 Å². The maximum Gasteiger partial charge on any atom is 0.241 e. The molecule has 128 valence electrons. The zero-order valence-electron chi connectivity index (χ0n) is 13.6. The molecule has 1 amide bonds. The third-order valence-electron chi connectivity index (χ3n) is 3.71. The molecule has 0 aromatic heterocycles. The van der Waals surface area contributed by atoms with Gasteiger partial charge < -0.3 is 11.1 Å². The first-order valence-corrected chi connectivity index (χ1v) is 9.43. The molecule has 2 aromatic carbocycles. The van der Waals surface area contributed by atoms with Crippen molar-refractivity contribution in [3.05, 3.63) is 65.7 Å². The van der Waals surface area contributed by atoms with E-state index in [1.165, 1.54) is 0 Å². The Hall–Kier alpha value is -2.18. The molecule has 3 N–H and O–H groups in total. The Labute approximate surface area is 142 Å². The summed E-state index contributed by atoms with van der Waals surface area (Å²) in [6, 6.07) is 15.0. The van der Waals surface area contributed by atoms with Crippen LogP contribution in [0.15, 0.2) is 59.5 Å². The number of rotatable bonds is 7. The molecule has 0 bridgehead atoms. The number of amides is 1. The lowest BCUT2D eigenvalue weighted by atomic mass is 10.1. The summed E-state index contributed by atoms with van der Waals surface area (Å²) in [7, 11) is -3.32. The average Bonchev–Trinajstić information content (AvgIpc) is 2.59. The van der Waals surface area contributed by atoms with E-state index < -0.39 is 15.9 Å². The smallest absolute Gasteiger partial charge is 0.241 e. The zero-order valence-corrected chi connectivity index (χ0v) is 14.4. The first-order valence-electron chi connectivity index (χ1n) is 7.78. The summed E-state index contributed by atoms with van der Waals surface area (Å²) >= 11 is 0. The minimum atomic E-state index is -3.32. The SMILES string of the molecule is Cc1ccc(C(N)C(=O)NCCCS(=O)(=O)c2ccccc2)cc1. The summed E-state index contributed by atoms with van der Waals surface area (Å²) in [5.74, 6) is -0.326. The first kappa shape index (κ1) is 18.2. The molecular weight excluding hydrogens is 324 g/mol. The van der Waals surface area contributed by atoms with E-state index in [4.69, 9.17) is 5.73 Å². The Morgan fingerprint density at radius 1 is 1.08 bits per heavy atom. The minimum Gasteiger partial charge on any atom is -0.354 e. The molecule has 0 saturated heterocycles. The molecule has 6 heteroatoms. The van der Waals surface area contributed by atoms with E-state index in [0.717, 1.165) is 11.1 Å². The molecule has 1 unspecified atom stereocenters. The third kappa shape index (κ3) is 4.91.